The fraction of sp³-hybridized carbons (Fsp3) is 0.417. The van der Waals surface area contributed by atoms with Crippen LogP contribution in [0.5, 0.6) is 0 Å². The number of hydrogen-bond donors (Lipinski definition) is 4. The number of nitrogens with zero attached hydrogens (tertiary/aromatic N) is 4. The Morgan fingerprint density at radius 1 is 0.605 bits per heavy atom. The van der Waals surface area contributed by atoms with Gasteiger partial charge in [0.2, 0.25) is 23.6 Å². The van der Waals surface area contributed by atoms with Crippen LogP contribution in [-0.4, -0.2) is 44.8 Å². The maximum Gasteiger partial charge on any atom is 0.273 e. The van der Waals surface area contributed by atoms with E-state index in [1.54, 1.807) is 0 Å². The van der Waals surface area contributed by atoms with Crippen molar-refractivity contribution in [3.8, 4) is 23.2 Å². The van der Waals surface area contributed by atoms with Crippen molar-refractivity contribution in [1.82, 2.24) is 30.6 Å². The van der Waals surface area contributed by atoms with Crippen LogP contribution >= 0.6 is 0 Å². The number of carbonyl (C=O) groups excluding carboxylic acids is 2. The summed E-state index contributed by atoms with van der Waals surface area (Å²) in [5.41, 5.74) is 11.9. The number of hydrogen-bond acceptors (Lipinski definition) is 12. The van der Waals surface area contributed by atoms with Crippen LogP contribution in [-0.2, 0) is 0 Å². The van der Waals surface area contributed by atoms with Gasteiger partial charge in [-0.2, -0.15) is 0 Å². The van der Waals surface area contributed by atoms with Crippen LogP contribution in [0.2, 0.25) is 0 Å². The number of unbranched alkanes of at least 4 members (excludes halogenated alkanes) is 2. The third-order valence-corrected chi connectivity index (χ3v) is 6.06. The molecule has 1 aliphatic rings. The van der Waals surface area contributed by atoms with Crippen molar-refractivity contribution >= 4 is 11.8 Å². The van der Waals surface area contributed by atoms with Crippen LogP contribution in [0, 0.1) is 0 Å². The van der Waals surface area contributed by atoms with E-state index in [0.29, 0.717) is 25.9 Å². The molecule has 8 bridgehead atoms. The topological polar surface area (TPSA) is 214 Å². The second-order valence-corrected chi connectivity index (χ2v) is 8.84. The van der Waals surface area contributed by atoms with Gasteiger partial charge in [0, 0.05) is 0 Å². The average Bonchev–Trinajstić information content (AvgIpc) is 3.73. The van der Waals surface area contributed by atoms with Crippen LogP contribution < -0.4 is 22.1 Å². The van der Waals surface area contributed by atoms with E-state index in [-0.39, 0.29) is 46.3 Å². The Morgan fingerprint density at radius 2 is 1.03 bits per heavy atom. The molecule has 5 heterocycles. The Hall–Kier alpha value is -4.30. The lowest BCUT2D eigenvalue weighted by Crippen LogP contribution is -2.29. The van der Waals surface area contributed by atoms with E-state index < -0.39 is 23.9 Å². The van der Waals surface area contributed by atoms with Crippen molar-refractivity contribution in [1.29, 1.82) is 0 Å². The van der Waals surface area contributed by atoms with Gasteiger partial charge < -0.3 is 39.8 Å². The van der Waals surface area contributed by atoms with E-state index in [4.69, 9.17) is 29.1 Å². The van der Waals surface area contributed by atoms with Gasteiger partial charge in [-0.1, -0.05) is 0 Å². The van der Waals surface area contributed by atoms with Crippen LogP contribution in [0.4, 0.5) is 0 Å². The number of nitrogens with one attached hydrogen (secondary N) is 2. The molecule has 0 saturated carbocycles. The molecule has 0 unspecified atom stereocenters. The fourth-order valence-electron chi connectivity index (χ4n) is 4.05. The Balaban J connectivity index is 1.51. The third kappa shape index (κ3) is 5.50. The summed E-state index contributed by atoms with van der Waals surface area (Å²) in [6, 6.07) is -1.15. The van der Waals surface area contributed by atoms with Crippen molar-refractivity contribution in [2.24, 2.45) is 11.5 Å². The monoisotopic (exact) mass is 524 g/mol. The first kappa shape index (κ1) is 25.4. The molecule has 2 amide bonds. The van der Waals surface area contributed by atoms with Gasteiger partial charge in [-0.05, 0) is 51.6 Å². The zero-order chi connectivity index (χ0) is 26.5. The third-order valence-electron chi connectivity index (χ3n) is 6.06. The first-order valence-corrected chi connectivity index (χ1v) is 12.4. The molecule has 4 aromatic rings. The molecule has 200 valence electrons. The molecule has 0 spiro atoms. The molecule has 2 atom stereocenters. The fourth-order valence-corrected chi connectivity index (χ4v) is 4.05. The van der Waals surface area contributed by atoms with Gasteiger partial charge in [-0.15, -0.1) is 0 Å². The number of aromatic nitrogens is 4. The van der Waals surface area contributed by atoms with Gasteiger partial charge in [-0.3, -0.25) is 9.59 Å². The molecule has 14 heteroatoms. The first-order chi connectivity index (χ1) is 18.6. The van der Waals surface area contributed by atoms with Crippen molar-refractivity contribution in [3.63, 3.8) is 0 Å². The maximum absolute atomic E-state index is 13.0. The van der Waals surface area contributed by atoms with E-state index in [1.165, 1.54) is 25.1 Å². The van der Waals surface area contributed by atoms with Gasteiger partial charge in [0.25, 0.3) is 11.8 Å². The van der Waals surface area contributed by atoms with Crippen LogP contribution in [0.1, 0.15) is 83.4 Å². The number of nitrogens with two attached hydrogens (primary N) is 2. The molecule has 6 N–H and O–H groups in total. The minimum atomic E-state index is -0.576. The SMILES string of the molecule is NCCCC[C@@H]1NC(=O)c2coc(n2)-c2coc(n2)[C@H](CCCCN)NC(=O)c2coc(n2)-c2coc1n2. The number of amides is 2. The Morgan fingerprint density at radius 3 is 1.45 bits per heavy atom. The van der Waals surface area contributed by atoms with Gasteiger partial charge >= 0.3 is 0 Å². The summed E-state index contributed by atoms with van der Waals surface area (Å²) in [4.78, 5) is 43.5. The van der Waals surface area contributed by atoms with Gasteiger partial charge in [0.15, 0.2) is 22.8 Å². The second kappa shape index (κ2) is 11.4. The molecule has 1 aliphatic heterocycles. The predicted molar refractivity (Wildman–Crippen MR) is 130 cm³/mol. The number of fused-ring (bicyclic) bond motifs is 10. The molecule has 5 rings (SSSR count). The number of carbonyl (C=O) groups is 2. The summed E-state index contributed by atoms with van der Waals surface area (Å²) in [5.74, 6) is -0.267. The Bertz CT molecular complexity index is 1280. The summed E-state index contributed by atoms with van der Waals surface area (Å²) in [6.45, 7) is 1.03. The van der Waals surface area contributed by atoms with E-state index in [0.717, 1.165) is 25.7 Å². The highest BCUT2D eigenvalue weighted by molar-refractivity contribution is 5.93. The molecule has 14 nitrogen and oxygen atoms in total. The van der Waals surface area contributed by atoms with E-state index in [2.05, 4.69) is 30.6 Å². The predicted octanol–water partition coefficient (Wildman–Crippen LogP) is 2.49. The van der Waals surface area contributed by atoms with Crippen molar-refractivity contribution in [3.05, 3.63) is 48.2 Å². The normalized spacial score (nSPS) is 17.5. The van der Waals surface area contributed by atoms with Crippen molar-refractivity contribution < 1.29 is 27.3 Å². The summed E-state index contributed by atoms with van der Waals surface area (Å²) < 4.78 is 22.3. The largest absolute Gasteiger partial charge is 0.446 e. The van der Waals surface area contributed by atoms with Gasteiger partial charge in [-0.25, -0.2) is 19.9 Å². The zero-order valence-corrected chi connectivity index (χ0v) is 20.5. The molecule has 0 aromatic carbocycles. The highest BCUT2D eigenvalue weighted by Gasteiger charge is 2.27. The maximum atomic E-state index is 13.0. The number of oxazole rings is 4. The Labute approximate surface area is 216 Å². The average molecular weight is 525 g/mol. The second-order valence-electron chi connectivity index (χ2n) is 8.84. The molecule has 38 heavy (non-hydrogen) atoms. The van der Waals surface area contributed by atoms with E-state index >= 15 is 0 Å². The lowest BCUT2D eigenvalue weighted by atomic mass is 10.1. The molecule has 0 saturated heterocycles. The van der Waals surface area contributed by atoms with Crippen LogP contribution in [0.25, 0.3) is 23.2 Å². The van der Waals surface area contributed by atoms with Gasteiger partial charge in [0.1, 0.15) is 37.1 Å². The number of rotatable bonds is 8. The lowest BCUT2D eigenvalue weighted by molar-refractivity contribution is 0.0914. The van der Waals surface area contributed by atoms with E-state index in [9.17, 15) is 9.59 Å². The lowest BCUT2D eigenvalue weighted by Gasteiger charge is -2.14. The first-order valence-electron chi connectivity index (χ1n) is 12.4. The quantitative estimate of drug-likeness (QED) is 0.245. The summed E-state index contributed by atoms with van der Waals surface area (Å²) >= 11 is 0. The minimum absolute atomic E-state index is 0.0476. The Kier molecular flexibility index (Phi) is 7.60. The molecule has 0 radical (unpaired) electrons. The summed E-state index contributed by atoms with van der Waals surface area (Å²) in [6.07, 6.45) is 9.19. The summed E-state index contributed by atoms with van der Waals surface area (Å²) in [7, 11) is 0. The van der Waals surface area contributed by atoms with Crippen molar-refractivity contribution in [2.45, 2.75) is 50.6 Å². The summed E-state index contributed by atoms with van der Waals surface area (Å²) in [5, 5.41) is 5.77. The van der Waals surface area contributed by atoms with Crippen LogP contribution in [0.3, 0.4) is 0 Å². The zero-order valence-electron chi connectivity index (χ0n) is 20.5. The highest BCUT2D eigenvalue weighted by Crippen LogP contribution is 2.27. The van der Waals surface area contributed by atoms with Crippen LogP contribution in [0.15, 0.2) is 42.7 Å². The molecule has 4 aromatic heterocycles. The molecule has 0 aliphatic carbocycles. The molecular weight excluding hydrogens is 496 g/mol. The molecule has 0 fully saturated rings. The standard InChI is InChI=1S/C24H28N8O6/c25-7-3-1-5-13-21-31-17(11-37-21)23-30-16(10-36-23)20(34)28-14(6-2-4-8-26)22-32-18(12-38-22)24-29-15(9-35-24)19(33)27-13/h9-14H,1-8,25-26H2,(H,27,33)(H,28,34)/t13-,14-/m0/s1. The van der Waals surface area contributed by atoms with Gasteiger partial charge in [0.05, 0.1) is 0 Å². The van der Waals surface area contributed by atoms with Crippen molar-refractivity contribution in [2.75, 3.05) is 13.1 Å². The highest BCUT2D eigenvalue weighted by atomic mass is 16.4. The molecular formula is C24H28N8O6. The van der Waals surface area contributed by atoms with E-state index in [1.807, 2.05) is 0 Å². The smallest absolute Gasteiger partial charge is 0.273 e. The minimum Gasteiger partial charge on any atom is -0.446 e.